The Morgan fingerprint density at radius 3 is 2.75 bits per heavy atom. The number of hydrogen-bond donors (Lipinski definition) is 1. The van der Waals surface area contributed by atoms with Crippen molar-refractivity contribution in [1.29, 1.82) is 0 Å². The number of benzene rings is 1. The predicted molar refractivity (Wildman–Crippen MR) is 108 cm³/mol. The van der Waals surface area contributed by atoms with Crippen LogP contribution in [-0.4, -0.2) is 41.7 Å². The van der Waals surface area contributed by atoms with Gasteiger partial charge >= 0.3 is 0 Å². The summed E-state index contributed by atoms with van der Waals surface area (Å²) in [5, 5.41) is 4.15. The van der Waals surface area contributed by atoms with Crippen LogP contribution in [0.25, 0.3) is 6.08 Å². The van der Waals surface area contributed by atoms with Gasteiger partial charge in [-0.15, -0.1) is 11.3 Å². The number of thiophene rings is 1. The highest BCUT2D eigenvalue weighted by Gasteiger charge is 2.36. The Hall–Kier alpha value is -2.78. The van der Waals surface area contributed by atoms with E-state index in [9.17, 15) is 14.4 Å². The Kier molecular flexibility index (Phi) is 5.10. The lowest BCUT2D eigenvalue weighted by Gasteiger charge is -2.19. The highest BCUT2D eigenvalue weighted by atomic mass is 32.2. The maximum atomic E-state index is 12.5. The van der Waals surface area contributed by atoms with Crippen LogP contribution in [0, 0.1) is 6.92 Å². The third kappa shape index (κ3) is 3.76. The number of anilines is 1. The second kappa shape index (κ2) is 7.69. The lowest BCUT2D eigenvalue weighted by atomic mass is 10.2. The fraction of sp³-hybridized carbons (Fsp3) is 0.211. The van der Waals surface area contributed by atoms with Gasteiger partial charge in [-0.05, 0) is 53.9 Å². The molecular formula is C19H16N2O5S2. The fourth-order valence-electron chi connectivity index (χ4n) is 2.75. The van der Waals surface area contributed by atoms with Crippen molar-refractivity contribution < 1.29 is 23.9 Å². The van der Waals surface area contributed by atoms with E-state index in [4.69, 9.17) is 9.47 Å². The maximum Gasteiger partial charge on any atom is 0.294 e. The minimum atomic E-state index is -0.465. The van der Waals surface area contributed by atoms with E-state index < -0.39 is 17.1 Å². The molecule has 28 heavy (non-hydrogen) atoms. The molecule has 1 saturated heterocycles. The standard InChI is InChI=1S/C19H16N2O5S2/c1-11-4-7-27-15(11)9-16-18(23)21(19(24)28-16)10-17(22)20-12-2-3-13-14(8-12)26-6-5-25-13/h2-4,7-9H,5-6,10H2,1H3,(H,20,22)/b16-9+. The first kappa shape index (κ1) is 18.6. The number of rotatable bonds is 4. The van der Waals surface area contributed by atoms with Crippen LogP contribution in [-0.2, 0) is 9.59 Å². The molecule has 0 bridgehead atoms. The highest BCUT2D eigenvalue weighted by Crippen LogP contribution is 2.34. The monoisotopic (exact) mass is 416 g/mol. The number of aryl methyl sites for hydroxylation is 1. The van der Waals surface area contributed by atoms with E-state index in [0.29, 0.717) is 35.3 Å². The largest absolute Gasteiger partial charge is 0.486 e. The Bertz CT molecular complexity index is 998. The molecule has 4 rings (SSSR count). The van der Waals surface area contributed by atoms with Gasteiger partial charge < -0.3 is 14.8 Å². The van der Waals surface area contributed by atoms with Crippen LogP contribution in [0.4, 0.5) is 10.5 Å². The zero-order chi connectivity index (χ0) is 19.7. The van der Waals surface area contributed by atoms with Crippen molar-refractivity contribution in [2.45, 2.75) is 6.92 Å². The third-order valence-corrected chi connectivity index (χ3v) is 6.04. The van der Waals surface area contributed by atoms with E-state index in [2.05, 4.69) is 5.32 Å². The van der Waals surface area contributed by atoms with E-state index in [-0.39, 0.29) is 6.54 Å². The molecule has 9 heteroatoms. The summed E-state index contributed by atoms with van der Waals surface area (Å²) >= 11 is 2.34. The fourth-order valence-corrected chi connectivity index (χ4v) is 4.51. The Labute approximate surface area is 169 Å². The summed E-state index contributed by atoms with van der Waals surface area (Å²) in [5.74, 6) is 0.237. The molecule has 0 radical (unpaired) electrons. The van der Waals surface area contributed by atoms with Gasteiger partial charge in [0, 0.05) is 16.6 Å². The van der Waals surface area contributed by atoms with Gasteiger partial charge in [-0.3, -0.25) is 19.3 Å². The lowest BCUT2D eigenvalue weighted by Crippen LogP contribution is -2.36. The molecule has 2 aromatic rings. The molecule has 1 aromatic carbocycles. The molecule has 3 amide bonds. The molecule has 2 aliphatic rings. The summed E-state index contributed by atoms with van der Waals surface area (Å²) in [6.07, 6.45) is 1.70. The first-order valence-corrected chi connectivity index (χ1v) is 10.2. The van der Waals surface area contributed by atoms with Gasteiger partial charge in [0.05, 0.1) is 4.91 Å². The normalized spacial score (nSPS) is 17.3. The molecule has 0 atom stereocenters. The van der Waals surface area contributed by atoms with E-state index in [1.54, 1.807) is 24.3 Å². The number of amides is 3. The molecule has 0 unspecified atom stereocenters. The molecule has 1 fully saturated rings. The topological polar surface area (TPSA) is 84.9 Å². The van der Waals surface area contributed by atoms with E-state index >= 15 is 0 Å². The van der Waals surface area contributed by atoms with Gasteiger partial charge in [0.2, 0.25) is 5.91 Å². The van der Waals surface area contributed by atoms with E-state index in [1.165, 1.54) is 11.3 Å². The molecule has 1 N–H and O–H groups in total. The number of imide groups is 1. The van der Waals surface area contributed by atoms with Gasteiger partial charge in [-0.1, -0.05) is 0 Å². The van der Waals surface area contributed by atoms with E-state index in [0.717, 1.165) is 27.1 Å². The SMILES string of the molecule is Cc1ccsc1/C=C1/SC(=O)N(CC(=O)Nc2ccc3c(c2)OCCO3)C1=O. The number of nitrogens with one attached hydrogen (secondary N) is 1. The zero-order valence-electron chi connectivity index (χ0n) is 14.9. The van der Waals surface area contributed by atoms with Crippen molar-refractivity contribution in [3.05, 3.63) is 45.0 Å². The average molecular weight is 416 g/mol. The van der Waals surface area contributed by atoms with Gasteiger partial charge in [0.1, 0.15) is 19.8 Å². The number of thioether (sulfide) groups is 1. The van der Waals surface area contributed by atoms with Crippen molar-refractivity contribution in [1.82, 2.24) is 4.90 Å². The predicted octanol–water partition coefficient (Wildman–Crippen LogP) is 3.50. The molecular weight excluding hydrogens is 400 g/mol. The van der Waals surface area contributed by atoms with Gasteiger partial charge in [0.25, 0.3) is 11.1 Å². The second-order valence-corrected chi connectivity index (χ2v) is 8.08. The van der Waals surface area contributed by atoms with Crippen molar-refractivity contribution in [3.8, 4) is 11.5 Å². The maximum absolute atomic E-state index is 12.5. The van der Waals surface area contributed by atoms with Crippen molar-refractivity contribution in [3.63, 3.8) is 0 Å². The van der Waals surface area contributed by atoms with E-state index in [1.807, 2.05) is 18.4 Å². The van der Waals surface area contributed by atoms with Gasteiger partial charge in [-0.25, -0.2) is 0 Å². The summed E-state index contributed by atoms with van der Waals surface area (Å²) in [6.45, 7) is 2.51. The lowest BCUT2D eigenvalue weighted by molar-refractivity contribution is -0.127. The van der Waals surface area contributed by atoms with Gasteiger partial charge in [-0.2, -0.15) is 0 Å². The molecule has 0 saturated carbocycles. The number of nitrogens with zero attached hydrogens (tertiary/aromatic N) is 1. The third-order valence-electron chi connectivity index (χ3n) is 4.17. The van der Waals surface area contributed by atoms with Gasteiger partial charge in [0.15, 0.2) is 11.5 Å². The number of carbonyl (C=O) groups is 3. The first-order valence-electron chi connectivity index (χ1n) is 8.50. The summed E-state index contributed by atoms with van der Waals surface area (Å²) in [5.41, 5.74) is 1.54. The summed E-state index contributed by atoms with van der Waals surface area (Å²) in [6, 6.07) is 6.98. The molecule has 144 valence electrons. The minimum absolute atomic E-state index is 0.322. The quantitative estimate of drug-likeness (QED) is 0.768. The van der Waals surface area contributed by atoms with Crippen LogP contribution in [0.3, 0.4) is 0 Å². The van der Waals surface area contributed by atoms with Crippen LogP contribution in [0.15, 0.2) is 34.6 Å². The Morgan fingerprint density at radius 2 is 2.00 bits per heavy atom. The van der Waals surface area contributed by atoms with Crippen LogP contribution in [0.1, 0.15) is 10.4 Å². The Morgan fingerprint density at radius 1 is 1.21 bits per heavy atom. The smallest absolute Gasteiger partial charge is 0.294 e. The summed E-state index contributed by atoms with van der Waals surface area (Å²) in [4.78, 5) is 39.3. The first-order chi connectivity index (χ1) is 13.5. The average Bonchev–Trinajstić information content (AvgIpc) is 3.20. The summed E-state index contributed by atoms with van der Waals surface area (Å²) in [7, 11) is 0. The van der Waals surface area contributed by atoms with Crippen LogP contribution < -0.4 is 14.8 Å². The van der Waals surface area contributed by atoms with Crippen molar-refractivity contribution in [2.24, 2.45) is 0 Å². The molecule has 7 nitrogen and oxygen atoms in total. The molecule has 1 aromatic heterocycles. The molecule has 2 aliphatic heterocycles. The summed E-state index contributed by atoms with van der Waals surface area (Å²) < 4.78 is 10.9. The Balaban J connectivity index is 1.43. The zero-order valence-corrected chi connectivity index (χ0v) is 16.5. The number of carbonyl (C=O) groups excluding carboxylic acids is 3. The van der Waals surface area contributed by atoms with Crippen LogP contribution >= 0.6 is 23.1 Å². The number of fused-ring (bicyclic) bond motifs is 1. The van der Waals surface area contributed by atoms with Crippen molar-refractivity contribution in [2.75, 3.05) is 25.1 Å². The van der Waals surface area contributed by atoms with Crippen molar-refractivity contribution >= 4 is 51.9 Å². The molecule has 0 aliphatic carbocycles. The minimum Gasteiger partial charge on any atom is -0.486 e. The second-order valence-electron chi connectivity index (χ2n) is 6.14. The van der Waals surface area contributed by atoms with Crippen LogP contribution in [0.2, 0.25) is 0 Å². The number of ether oxygens (including phenoxy) is 2. The highest BCUT2D eigenvalue weighted by molar-refractivity contribution is 8.18. The van der Waals surface area contributed by atoms with Crippen LogP contribution in [0.5, 0.6) is 11.5 Å². The number of hydrogen-bond acceptors (Lipinski definition) is 7. The molecule has 0 spiro atoms. The molecule has 3 heterocycles.